The number of rotatable bonds is 5. The molecule has 1 amide bonds. The van der Waals surface area contributed by atoms with Crippen molar-refractivity contribution in [3.63, 3.8) is 0 Å². The van der Waals surface area contributed by atoms with Crippen LogP contribution in [0.4, 0.5) is 5.69 Å². The normalized spacial score (nSPS) is 10.0. The Morgan fingerprint density at radius 2 is 1.92 bits per heavy atom. The number of esters is 1. The van der Waals surface area contributed by atoms with Gasteiger partial charge in [-0.15, -0.1) is 0 Å². The maximum absolute atomic E-state index is 11.9. The van der Waals surface area contributed by atoms with E-state index in [1.807, 2.05) is 38.1 Å². The highest BCUT2D eigenvalue weighted by molar-refractivity contribution is 6.31. The average Bonchev–Trinajstić information content (AvgIpc) is 2.57. The predicted molar refractivity (Wildman–Crippen MR) is 95.4 cm³/mol. The highest BCUT2D eigenvalue weighted by Crippen LogP contribution is 2.20. The smallest absolute Gasteiger partial charge is 0.310 e. The number of nitriles is 1. The van der Waals surface area contributed by atoms with Gasteiger partial charge in [-0.05, 0) is 48.7 Å². The molecular weight excluding hydrogens is 340 g/mol. The minimum Gasteiger partial charge on any atom is -0.455 e. The van der Waals surface area contributed by atoms with Gasteiger partial charge in [0.2, 0.25) is 0 Å². The quantitative estimate of drug-likeness (QED) is 0.831. The summed E-state index contributed by atoms with van der Waals surface area (Å²) in [6, 6.07) is 12.2. The number of amides is 1. The summed E-state index contributed by atoms with van der Waals surface area (Å²) in [4.78, 5) is 23.8. The van der Waals surface area contributed by atoms with Crippen molar-refractivity contribution in [3.05, 3.63) is 63.7 Å². The van der Waals surface area contributed by atoms with Crippen LogP contribution in [0.1, 0.15) is 22.3 Å². The van der Waals surface area contributed by atoms with E-state index in [2.05, 4.69) is 5.32 Å². The maximum Gasteiger partial charge on any atom is 0.310 e. The van der Waals surface area contributed by atoms with Crippen LogP contribution < -0.4 is 5.32 Å². The van der Waals surface area contributed by atoms with E-state index in [1.54, 1.807) is 6.07 Å². The van der Waals surface area contributed by atoms with Crippen molar-refractivity contribution >= 4 is 29.2 Å². The molecule has 0 spiro atoms. The summed E-state index contributed by atoms with van der Waals surface area (Å²) in [5, 5.41) is 11.9. The standard InChI is InChI=1S/C19H17ClN2O3/c1-12-3-4-14(7-13(12)2)8-19(24)25-11-18(23)22-17-9-16(20)6-5-15(17)10-21/h3-7,9H,8,11H2,1-2H3,(H,22,23). The molecule has 2 aromatic rings. The molecule has 0 saturated carbocycles. The molecule has 2 rings (SSSR count). The third kappa shape index (κ3) is 5.33. The first kappa shape index (κ1) is 18.5. The Morgan fingerprint density at radius 3 is 2.60 bits per heavy atom. The van der Waals surface area contributed by atoms with Crippen LogP contribution in [0, 0.1) is 25.2 Å². The molecule has 0 aliphatic carbocycles. The van der Waals surface area contributed by atoms with Gasteiger partial charge in [-0.1, -0.05) is 29.8 Å². The zero-order valence-electron chi connectivity index (χ0n) is 13.9. The van der Waals surface area contributed by atoms with Crippen molar-refractivity contribution in [1.82, 2.24) is 0 Å². The van der Waals surface area contributed by atoms with Gasteiger partial charge < -0.3 is 10.1 Å². The van der Waals surface area contributed by atoms with Crippen LogP contribution in [0.2, 0.25) is 5.02 Å². The van der Waals surface area contributed by atoms with Crippen LogP contribution in [-0.2, 0) is 20.7 Å². The van der Waals surface area contributed by atoms with Crippen molar-refractivity contribution < 1.29 is 14.3 Å². The van der Waals surface area contributed by atoms with Crippen LogP contribution in [0.5, 0.6) is 0 Å². The number of hydrogen-bond acceptors (Lipinski definition) is 4. The monoisotopic (exact) mass is 356 g/mol. The Morgan fingerprint density at radius 1 is 1.16 bits per heavy atom. The summed E-state index contributed by atoms with van der Waals surface area (Å²) in [5.74, 6) is -1.03. The molecular formula is C19H17ClN2O3. The van der Waals surface area contributed by atoms with Gasteiger partial charge in [0.1, 0.15) is 6.07 Å². The molecule has 1 N–H and O–H groups in total. The number of carbonyl (C=O) groups is 2. The maximum atomic E-state index is 11.9. The van der Waals surface area contributed by atoms with Gasteiger partial charge in [0.25, 0.3) is 5.91 Å². The minimum atomic E-state index is -0.535. The molecule has 5 nitrogen and oxygen atoms in total. The number of anilines is 1. The van der Waals surface area contributed by atoms with Gasteiger partial charge in [-0.3, -0.25) is 9.59 Å². The fourth-order valence-electron chi connectivity index (χ4n) is 2.18. The highest BCUT2D eigenvalue weighted by Gasteiger charge is 2.11. The third-order valence-corrected chi connectivity index (χ3v) is 3.90. The van der Waals surface area contributed by atoms with Crippen molar-refractivity contribution in [2.45, 2.75) is 20.3 Å². The zero-order valence-corrected chi connectivity index (χ0v) is 14.7. The van der Waals surface area contributed by atoms with Gasteiger partial charge in [-0.25, -0.2) is 0 Å². The van der Waals surface area contributed by atoms with E-state index >= 15 is 0 Å². The second kappa shape index (κ2) is 8.32. The van der Waals surface area contributed by atoms with E-state index in [4.69, 9.17) is 21.6 Å². The Balaban J connectivity index is 1.89. The molecule has 0 aliphatic heterocycles. The molecule has 6 heteroatoms. The summed E-state index contributed by atoms with van der Waals surface area (Å²) in [6.45, 7) is 3.53. The zero-order chi connectivity index (χ0) is 18.4. The van der Waals surface area contributed by atoms with Crippen LogP contribution in [0.15, 0.2) is 36.4 Å². The number of halogens is 1. The fourth-order valence-corrected chi connectivity index (χ4v) is 2.35. The first-order chi connectivity index (χ1) is 11.9. The van der Waals surface area contributed by atoms with Gasteiger partial charge in [0, 0.05) is 5.02 Å². The Hall–Kier alpha value is -2.84. The molecule has 0 fully saturated rings. The van der Waals surface area contributed by atoms with E-state index in [0.29, 0.717) is 5.02 Å². The van der Waals surface area contributed by atoms with Gasteiger partial charge in [0.15, 0.2) is 6.61 Å². The topological polar surface area (TPSA) is 79.2 Å². The molecule has 128 valence electrons. The molecule has 0 radical (unpaired) electrons. The number of carbonyl (C=O) groups excluding carboxylic acids is 2. The second-order valence-electron chi connectivity index (χ2n) is 5.61. The van der Waals surface area contributed by atoms with E-state index in [9.17, 15) is 9.59 Å². The van der Waals surface area contributed by atoms with Crippen LogP contribution in [0.3, 0.4) is 0 Å². The van der Waals surface area contributed by atoms with Crippen LogP contribution >= 0.6 is 11.6 Å². The van der Waals surface area contributed by atoms with Crippen molar-refractivity contribution in [2.75, 3.05) is 11.9 Å². The Labute approximate surface area is 151 Å². The van der Waals surface area contributed by atoms with Crippen molar-refractivity contribution in [3.8, 4) is 6.07 Å². The van der Waals surface area contributed by atoms with E-state index < -0.39 is 18.5 Å². The first-order valence-corrected chi connectivity index (χ1v) is 7.98. The minimum absolute atomic E-state index is 0.0923. The predicted octanol–water partition coefficient (Wildman–Crippen LogP) is 3.55. The molecule has 0 atom stereocenters. The number of nitrogens with one attached hydrogen (secondary N) is 1. The van der Waals surface area contributed by atoms with Gasteiger partial charge in [0.05, 0.1) is 17.7 Å². The lowest BCUT2D eigenvalue weighted by Gasteiger charge is -2.09. The molecule has 25 heavy (non-hydrogen) atoms. The van der Waals surface area contributed by atoms with E-state index in [1.165, 1.54) is 12.1 Å². The molecule has 0 heterocycles. The van der Waals surface area contributed by atoms with Gasteiger partial charge in [-0.2, -0.15) is 5.26 Å². The number of hydrogen-bond donors (Lipinski definition) is 1. The first-order valence-electron chi connectivity index (χ1n) is 7.60. The largest absolute Gasteiger partial charge is 0.455 e. The van der Waals surface area contributed by atoms with Crippen molar-refractivity contribution in [2.24, 2.45) is 0 Å². The molecule has 0 saturated heterocycles. The van der Waals surface area contributed by atoms with Crippen LogP contribution in [0.25, 0.3) is 0 Å². The Kier molecular flexibility index (Phi) is 6.15. The SMILES string of the molecule is Cc1ccc(CC(=O)OCC(=O)Nc2cc(Cl)ccc2C#N)cc1C. The lowest BCUT2D eigenvalue weighted by atomic mass is 10.0. The number of aryl methyl sites for hydroxylation is 2. The lowest BCUT2D eigenvalue weighted by molar-refractivity contribution is -0.146. The summed E-state index contributed by atoms with van der Waals surface area (Å²) < 4.78 is 4.99. The van der Waals surface area contributed by atoms with Crippen LogP contribution in [-0.4, -0.2) is 18.5 Å². The lowest BCUT2D eigenvalue weighted by Crippen LogP contribution is -2.22. The van der Waals surface area contributed by atoms with Crippen molar-refractivity contribution in [1.29, 1.82) is 5.26 Å². The number of ether oxygens (including phenoxy) is 1. The number of benzene rings is 2. The summed E-state index contributed by atoms with van der Waals surface area (Å²) in [7, 11) is 0. The van der Waals surface area contributed by atoms with E-state index in [0.717, 1.165) is 16.7 Å². The molecule has 0 aliphatic rings. The molecule has 0 unspecified atom stereocenters. The third-order valence-electron chi connectivity index (χ3n) is 3.66. The second-order valence-corrected chi connectivity index (χ2v) is 6.04. The molecule has 0 bridgehead atoms. The summed E-state index contributed by atoms with van der Waals surface area (Å²) in [5.41, 5.74) is 3.62. The summed E-state index contributed by atoms with van der Waals surface area (Å²) in [6.07, 6.45) is 0.0923. The molecule has 2 aromatic carbocycles. The fraction of sp³-hybridized carbons (Fsp3) is 0.211. The Bertz CT molecular complexity index is 856. The molecule has 0 aromatic heterocycles. The summed E-state index contributed by atoms with van der Waals surface area (Å²) >= 11 is 5.85. The highest BCUT2D eigenvalue weighted by atomic mass is 35.5. The average molecular weight is 357 g/mol. The number of nitrogens with zero attached hydrogens (tertiary/aromatic N) is 1. The van der Waals surface area contributed by atoms with Gasteiger partial charge >= 0.3 is 5.97 Å². The van der Waals surface area contributed by atoms with E-state index in [-0.39, 0.29) is 17.7 Å².